The van der Waals surface area contributed by atoms with Crippen molar-refractivity contribution in [1.82, 2.24) is 0 Å². The van der Waals surface area contributed by atoms with Gasteiger partial charge < -0.3 is 0 Å². The lowest BCUT2D eigenvalue weighted by Crippen LogP contribution is -2.11. The van der Waals surface area contributed by atoms with Crippen LogP contribution in [-0.2, 0) is 0 Å². The monoisotopic (exact) mass is 226 g/mol. The second kappa shape index (κ2) is 3.22. The van der Waals surface area contributed by atoms with E-state index in [1.54, 1.807) is 0 Å². The summed E-state index contributed by atoms with van der Waals surface area (Å²) in [6.45, 7) is 2.06. The van der Waals surface area contributed by atoms with E-state index in [2.05, 4.69) is 13.0 Å². The Morgan fingerprint density at radius 2 is 1.76 bits per heavy atom. The van der Waals surface area contributed by atoms with Gasteiger partial charge in [0, 0.05) is 11.5 Å². The number of Topliss-reactive ketones (excluding diaryl/α,β-unsaturated/α-hetero) is 1. The van der Waals surface area contributed by atoms with Gasteiger partial charge in [0.15, 0.2) is 5.78 Å². The minimum atomic E-state index is 0.391. The van der Waals surface area contributed by atoms with Gasteiger partial charge in [0.1, 0.15) is 0 Å². The predicted octanol–water partition coefficient (Wildman–Crippen LogP) is 3.47. The lowest BCUT2D eigenvalue weighted by atomic mass is 9.94. The normalized spacial score (nSPS) is 41.4. The molecule has 3 saturated carbocycles. The molecule has 1 nitrogen and oxygen atoms in total. The number of aryl methyl sites for hydroxylation is 1. The number of benzene rings is 1. The van der Waals surface area contributed by atoms with Crippen LogP contribution in [-0.4, -0.2) is 5.78 Å². The molecule has 4 atom stereocenters. The molecule has 88 valence electrons. The zero-order valence-corrected chi connectivity index (χ0v) is 10.2. The van der Waals surface area contributed by atoms with Crippen LogP contribution in [0, 0.1) is 36.5 Å². The van der Waals surface area contributed by atoms with E-state index >= 15 is 0 Å². The number of carbonyl (C=O) groups is 1. The predicted molar refractivity (Wildman–Crippen MR) is 66.8 cm³/mol. The van der Waals surface area contributed by atoms with Gasteiger partial charge in [0.25, 0.3) is 0 Å². The second-order valence-electron chi connectivity index (χ2n) is 6.19. The van der Waals surface area contributed by atoms with Gasteiger partial charge in [-0.3, -0.25) is 4.79 Å². The molecule has 4 unspecified atom stereocenters. The Labute approximate surface area is 102 Å². The van der Waals surface area contributed by atoms with Gasteiger partial charge in [0.2, 0.25) is 0 Å². The first-order valence-electron chi connectivity index (χ1n) is 6.87. The average molecular weight is 226 g/mol. The molecule has 17 heavy (non-hydrogen) atoms. The molecule has 0 aromatic heterocycles. The van der Waals surface area contributed by atoms with Crippen LogP contribution in [0.25, 0.3) is 0 Å². The third-order valence-corrected chi connectivity index (χ3v) is 5.45. The topological polar surface area (TPSA) is 17.1 Å². The van der Waals surface area contributed by atoms with Crippen molar-refractivity contribution in [3.05, 3.63) is 35.4 Å². The van der Waals surface area contributed by atoms with E-state index < -0.39 is 0 Å². The van der Waals surface area contributed by atoms with Crippen LogP contribution in [0.4, 0.5) is 0 Å². The average Bonchev–Trinajstić information content (AvgIpc) is 2.77. The van der Waals surface area contributed by atoms with Crippen LogP contribution in [0.2, 0.25) is 0 Å². The SMILES string of the molecule is Cc1ccccc1C(=O)C1C2C3CCC(C3)C12. The van der Waals surface area contributed by atoms with Crippen LogP contribution in [0.15, 0.2) is 24.3 Å². The standard InChI is InChI=1S/C16H18O/c1-9-4-2-3-5-12(9)16(17)15-13-10-6-7-11(8-10)14(13)15/h2-5,10-11,13-15H,6-8H2,1H3. The fraction of sp³-hybridized carbons (Fsp3) is 0.562. The van der Waals surface area contributed by atoms with Crippen LogP contribution >= 0.6 is 0 Å². The molecule has 0 amide bonds. The van der Waals surface area contributed by atoms with Gasteiger partial charge in [-0.1, -0.05) is 24.3 Å². The minimum Gasteiger partial charge on any atom is -0.294 e. The first-order chi connectivity index (χ1) is 8.27. The Morgan fingerprint density at radius 1 is 1.12 bits per heavy atom. The summed E-state index contributed by atoms with van der Waals surface area (Å²) in [6.07, 6.45) is 4.21. The first kappa shape index (κ1) is 9.87. The van der Waals surface area contributed by atoms with Crippen molar-refractivity contribution in [2.24, 2.45) is 29.6 Å². The summed E-state index contributed by atoms with van der Waals surface area (Å²) in [5.74, 6) is 4.14. The largest absolute Gasteiger partial charge is 0.294 e. The summed E-state index contributed by atoms with van der Waals surface area (Å²) in [5.41, 5.74) is 2.13. The number of hydrogen-bond acceptors (Lipinski definition) is 1. The molecule has 1 aromatic carbocycles. The third-order valence-electron chi connectivity index (χ3n) is 5.45. The summed E-state index contributed by atoms with van der Waals surface area (Å²) in [4.78, 5) is 12.6. The van der Waals surface area contributed by atoms with Crippen molar-refractivity contribution in [3.63, 3.8) is 0 Å². The van der Waals surface area contributed by atoms with Crippen LogP contribution in [0.3, 0.4) is 0 Å². The molecule has 1 heteroatoms. The van der Waals surface area contributed by atoms with E-state index in [0.717, 1.165) is 34.8 Å². The van der Waals surface area contributed by atoms with Gasteiger partial charge in [-0.05, 0) is 55.4 Å². The van der Waals surface area contributed by atoms with Gasteiger partial charge >= 0.3 is 0 Å². The number of fused-ring (bicyclic) bond motifs is 5. The second-order valence-corrected chi connectivity index (χ2v) is 6.19. The Kier molecular flexibility index (Phi) is 1.87. The minimum absolute atomic E-state index is 0.391. The Balaban J connectivity index is 1.62. The molecule has 3 aliphatic carbocycles. The summed E-state index contributed by atoms with van der Waals surface area (Å²) in [6, 6.07) is 8.07. The number of carbonyl (C=O) groups excluding carboxylic acids is 1. The molecule has 0 heterocycles. The lowest BCUT2D eigenvalue weighted by molar-refractivity contribution is 0.0944. The maximum absolute atomic E-state index is 12.6. The van der Waals surface area contributed by atoms with Crippen LogP contribution in [0.1, 0.15) is 35.2 Å². The van der Waals surface area contributed by atoms with Crippen molar-refractivity contribution >= 4 is 5.78 Å². The van der Waals surface area contributed by atoms with Crippen molar-refractivity contribution in [3.8, 4) is 0 Å². The van der Waals surface area contributed by atoms with E-state index in [4.69, 9.17) is 0 Å². The quantitative estimate of drug-likeness (QED) is 0.706. The first-order valence-corrected chi connectivity index (χ1v) is 6.87. The van der Waals surface area contributed by atoms with Gasteiger partial charge in [-0.25, -0.2) is 0 Å². The molecular weight excluding hydrogens is 208 g/mol. The lowest BCUT2D eigenvalue weighted by Gasteiger charge is -2.09. The van der Waals surface area contributed by atoms with Gasteiger partial charge in [-0.2, -0.15) is 0 Å². The molecule has 1 aromatic rings. The molecular formula is C16H18O. The molecule has 2 bridgehead atoms. The zero-order valence-electron chi connectivity index (χ0n) is 10.2. The molecule has 3 aliphatic rings. The summed E-state index contributed by atoms with van der Waals surface area (Å²) >= 11 is 0. The van der Waals surface area contributed by atoms with E-state index in [-0.39, 0.29) is 0 Å². The maximum Gasteiger partial charge on any atom is 0.166 e. The molecule has 3 fully saturated rings. The van der Waals surface area contributed by atoms with Gasteiger partial charge in [0.05, 0.1) is 0 Å². The highest BCUT2D eigenvalue weighted by Crippen LogP contribution is 2.69. The Hall–Kier alpha value is -1.11. The maximum atomic E-state index is 12.6. The highest BCUT2D eigenvalue weighted by atomic mass is 16.1. The van der Waals surface area contributed by atoms with E-state index in [9.17, 15) is 4.79 Å². The summed E-state index contributed by atoms with van der Waals surface area (Å²) in [5, 5.41) is 0. The number of hydrogen-bond donors (Lipinski definition) is 0. The number of ketones is 1. The van der Waals surface area contributed by atoms with Crippen molar-refractivity contribution in [2.45, 2.75) is 26.2 Å². The zero-order chi connectivity index (χ0) is 11.6. The fourth-order valence-electron chi connectivity index (χ4n) is 4.70. The molecule has 4 rings (SSSR count). The Bertz CT molecular complexity index is 474. The molecule has 0 saturated heterocycles. The highest BCUT2D eigenvalue weighted by molar-refractivity contribution is 6.01. The number of rotatable bonds is 2. The molecule has 0 radical (unpaired) electrons. The molecule has 0 N–H and O–H groups in total. The van der Waals surface area contributed by atoms with E-state index in [0.29, 0.717) is 11.7 Å². The van der Waals surface area contributed by atoms with Crippen molar-refractivity contribution in [2.75, 3.05) is 0 Å². The van der Waals surface area contributed by atoms with E-state index in [1.165, 1.54) is 19.3 Å². The highest BCUT2D eigenvalue weighted by Gasteiger charge is 2.67. The smallest absolute Gasteiger partial charge is 0.166 e. The Morgan fingerprint density at radius 3 is 2.41 bits per heavy atom. The van der Waals surface area contributed by atoms with Crippen molar-refractivity contribution < 1.29 is 4.79 Å². The molecule has 0 spiro atoms. The van der Waals surface area contributed by atoms with E-state index in [1.807, 2.05) is 18.2 Å². The van der Waals surface area contributed by atoms with Crippen molar-refractivity contribution in [1.29, 1.82) is 0 Å². The summed E-state index contributed by atoms with van der Waals surface area (Å²) in [7, 11) is 0. The van der Waals surface area contributed by atoms with Crippen LogP contribution < -0.4 is 0 Å². The third kappa shape index (κ3) is 1.23. The fourth-order valence-corrected chi connectivity index (χ4v) is 4.70. The van der Waals surface area contributed by atoms with Gasteiger partial charge in [-0.15, -0.1) is 0 Å². The summed E-state index contributed by atoms with van der Waals surface area (Å²) < 4.78 is 0. The van der Waals surface area contributed by atoms with Crippen LogP contribution in [0.5, 0.6) is 0 Å². The molecule has 0 aliphatic heterocycles.